The summed E-state index contributed by atoms with van der Waals surface area (Å²) in [6.07, 6.45) is 54.8. The zero-order valence-corrected chi connectivity index (χ0v) is 55.7. The van der Waals surface area contributed by atoms with Crippen LogP contribution in [0.25, 0.3) is 51.3 Å². The van der Waals surface area contributed by atoms with Crippen molar-refractivity contribution < 1.29 is 14.8 Å². The summed E-state index contributed by atoms with van der Waals surface area (Å²) >= 11 is 0. The number of hydrogen-bond acceptors (Lipinski definition) is 9. The highest BCUT2D eigenvalue weighted by Crippen LogP contribution is 2.42. The lowest BCUT2D eigenvalue weighted by atomic mass is 10.0. The molecule has 0 fully saturated rings. The summed E-state index contributed by atoms with van der Waals surface area (Å²) in [6.45, 7) is 15.6. The molecule has 1 unspecified atom stereocenters. The Morgan fingerprint density at radius 1 is 0.628 bits per heavy atom. The van der Waals surface area contributed by atoms with Gasteiger partial charge < -0.3 is 19.3 Å². The van der Waals surface area contributed by atoms with Crippen LogP contribution in [0.5, 0.6) is 0 Å². The van der Waals surface area contributed by atoms with Crippen molar-refractivity contribution >= 4 is 68.4 Å². The van der Waals surface area contributed by atoms with Crippen LogP contribution in [0.1, 0.15) is 123 Å². The van der Waals surface area contributed by atoms with Crippen LogP contribution < -0.4 is 20.2 Å². The van der Waals surface area contributed by atoms with Crippen molar-refractivity contribution in [2.24, 2.45) is 0 Å². The molecule has 1 heterocycles. The molecule has 482 valence electrons. The molecule has 12 rings (SSSR count). The Morgan fingerprint density at radius 2 is 1.32 bits per heavy atom. The highest BCUT2D eigenvalue weighted by atomic mass is 16.6. The summed E-state index contributed by atoms with van der Waals surface area (Å²) in [4.78, 5) is 40.2. The highest BCUT2D eigenvalue weighted by molar-refractivity contribution is 5.98. The molecule has 0 aliphatic heterocycles. The van der Waals surface area contributed by atoms with E-state index in [-0.39, 0.29) is 26.2 Å². The van der Waals surface area contributed by atoms with Crippen LogP contribution in [0, 0.1) is 30.3 Å². The van der Waals surface area contributed by atoms with Crippen molar-refractivity contribution in [1.29, 1.82) is 0 Å². The average Bonchev–Trinajstić information content (AvgIpc) is 1.62. The van der Waals surface area contributed by atoms with E-state index < -0.39 is 6.04 Å². The van der Waals surface area contributed by atoms with Gasteiger partial charge in [0.1, 0.15) is 0 Å². The number of aromatic nitrogens is 1. The fourth-order valence-electron chi connectivity index (χ4n) is 12.2. The minimum Gasteiger partial charge on any atom is -0.351 e. The number of nitro groups is 3. The molecule has 6 aliphatic carbocycles. The first-order chi connectivity index (χ1) is 46.0. The monoisotopic (exact) mass is 1250 g/mol. The maximum Gasteiger partial charge on any atom is 0.265 e. The van der Waals surface area contributed by atoms with E-state index in [4.69, 9.17) is 0 Å². The molecular formula is C81H87N7O6. The van der Waals surface area contributed by atoms with Gasteiger partial charge >= 0.3 is 0 Å². The number of benzene rings is 5. The lowest BCUT2D eigenvalue weighted by Gasteiger charge is -2.30. The second-order valence-electron chi connectivity index (χ2n) is 22.0. The topological polar surface area (TPSA) is 144 Å². The predicted molar refractivity (Wildman–Crippen MR) is 394 cm³/mol. The molecule has 0 spiro atoms. The number of hydrogen-bond donors (Lipinski definition) is 0. The van der Waals surface area contributed by atoms with Crippen LogP contribution in [-0.2, 0) is 12.8 Å². The van der Waals surface area contributed by atoms with Crippen LogP contribution in [0.4, 0.5) is 17.1 Å². The Hall–Kier alpha value is -10.7. The summed E-state index contributed by atoms with van der Waals surface area (Å²) < 4.78 is 2.37. The number of fused-ring (bicyclic) bond motifs is 6. The molecule has 5 aromatic carbocycles. The number of rotatable bonds is 14. The summed E-state index contributed by atoms with van der Waals surface area (Å²) in [5.74, 6) is 0. The van der Waals surface area contributed by atoms with Crippen molar-refractivity contribution in [1.82, 2.24) is 9.47 Å². The number of allylic oxidation sites excluding steroid dienone is 22. The smallest absolute Gasteiger partial charge is 0.265 e. The quantitative estimate of drug-likeness (QED) is 0.0450. The van der Waals surface area contributed by atoms with E-state index in [1.807, 2.05) is 79.0 Å². The Morgan fingerprint density at radius 3 is 2.10 bits per heavy atom. The molecule has 13 heteroatoms. The van der Waals surface area contributed by atoms with E-state index in [1.165, 1.54) is 34.2 Å². The molecule has 13 nitrogen and oxygen atoms in total. The van der Waals surface area contributed by atoms with Gasteiger partial charge in [-0.25, -0.2) is 0 Å². The van der Waals surface area contributed by atoms with Crippen molar-refractivity contribution in [3.8, 4) is 0 Å². The Balaban J connectivity index is 0.000000328. The molecule has 0 N–H and O–H groups in total. The largest absolute Gasteiger partial charge is 0.351 e. The van der Waals surface area contributed by atoms with Gasteiger partial charge in [-0.1, -0.05) is 212 Å². The standard InChI is InChI=1S/C56H47N5O4.C19H22N2O2.3C2H6/c62-60(63)46-24-12-19-42(20-13-25-46)57(53-31-9-18-41-16-7-8-28-50(41)53)43-21-11-23-45(34-33-43)59-55-30-6-2-5-29-51(55)52-39-48(37-38-56(52)59)58(44-22-14-26-47(36-35-44)61(64)65)54-32-10-17-40-15-3-1-4-27-49(40)54;1-4-17(14-13-15(2)21(22)23)20(3)19-12-8-6-10-16-9-5-7-11-18(16)19;3*1-2/h1-10,12,16-18,20-24,26-28,30-39,46H,11,13-15,19,25,29H2;5-11,13-14H,4,12H2,1-3H3;3*1-2H3/b24-12-,42-20+;15-13+,17-14+;;;. The van der Waals surface area contributed by atoms with Gasteiger partial charge in [-0.2, -0.15) is 0 Å². The van der Waals surface area contributed by atoms with Gasteiger partial charge in [-0.15, -0.1) is 0 Å². The lowest BCUT2D eigenvalue weighted by Crippen LogP contribution is -2.31. The molecular weight excluding hydrogens is 1170 g/mol. The maximum atomic E-state index is 11.9. The Labute approximate surface area is 554 Å². The summed E-state index contributed by atoms with van der Waals surface area (Å²) in [5.41, 5.74) is 15.2. The molecule has 6 aliphatic rings. The summed E-state index contributed by atoms with van der Waals surface area (Å²) in [5, 5.41) is 40.2. The molecule has 1 aromatic heterocycles. The molecule has 0 bridgehead atoms. The van der Waals surface area contributed by atoms with E-state index in [0.717, 1.165) is 104 Å². The van der Waals surface area contributed by atoms with Crippen LogP contribution >= 0.6 is 0 Å². The molecule has 0 radical (unpaired) electrons. The van der Waals surface area contributed by atoms with Gasteiger partial charge in [0.25, 0.3) is 5.70 Å². The van der Waals surface area contributed by atoms with Gasteiger partial charge in [-0.3, -0.25) is 30.3 Å². The maximum absolute atomic E-state index is 11.9. The van der Waals surface area contributed by atoms with E-state index in [2.05, 4.69) is 220 Å². The fourth-order valence-corrected chi connectivity index (χ4v) is 12.2. The third-order valence-electron chi connectivity index (χ3n) is 16.7. The highest BCUT2D eigenvalue weighted by Gasteiger charge is 2.26. The third-order valence-corrected chi connectivity index (χ3v) is 16.7. The van der Waals surface area contributed by atoms with Crippen molar-refractivity contribution in [3.05, 3.63) is 328 Å². The lowest BCUT2D eigenvalue weighted by molar-refractivity contribution is -0.510. The van der Waals surface area contributed by atoms with Crippen LogP contribution in [0.15, 0.2) is 265 Å². The normalized spacial score (nSPS) is 17.1. The second-order valence-corrected chi connectivity index (χ2v) is 22.0. The van der Waals surface area contributed by atoms with E-state index in [9.17, 15) is 30.3 Å². The van der Waals surface area contributed by atoms with Gasteiger partial charge in [0.05, 0.1) is 32.4 Å². The third kappa shape index (κ3) is 16.1. The first kappa shape index (κ1) is 69.2. The fraction of sp³-hybridized carbons (Fsp3) is 0.235. The molecule has 1 atom stereocenters. The van der Waals surface area contributed by atoms with Crippen LogP contribution in [-0.4, -0.2) is 37.3 Å². The molecule has 0 saturated carbocycles. The van der Waals surface area contributed by atoms with Crippen LogP contribution in [0.3, 0.4) is 0 Å². The van der Waals surface area contributed by atoms with E-state index >= 15 is 0 Å². The first-order valence-electron chi connectivity index (χ1n) is 33.0. The minimum absolute atomic E-state index is 0.0790. The van der Waals surface area contributed by atoms with Crippen LogP contribution in [0.2, 0.25) is 0 Å². The van der Waals surface area contributed by atoms with Gasteiger partial charge in [0, 0.05) is 112 Å². The summed E-state index contributed by atoms with van der Waals surface area (Å²) in [6, 6.07) is 35.5. The number of nitrogens with zero attached hydrogens (tertiary/aromatic N) is 7. The minimum atomic E-state index is -0.688. The van der Waals surface area contributed by atoms with Crippen molar-refractivity contribution in [3.63, 3.8) is 0 Å². The SMILES string of the molecule is CC.CC.CC.CC/C(=C\C=C(/C)[N+](=O)[O-])N(C)C1=c2ccccc2=CC=CC1.O=[N+]([O-])C1=CCC=C(N(c2ccc3c(c2)c2c(n3C3=CCC=C(N(/C4=C/CCC([N+](=O)[O-])/C=C\C4)c4cccc5ccccc45)C=C3)C=CC=CC2)c2cccc3c2C=CC=CC3)C=C1. The van der Waals surface area contributed by atoms with Gasteiger partial charge in [0.15, 0.2) is 0 Å². The molecule has 6 aromatic rings. The summed E-state index contributed by atoms with van der Waals surface area (Å²) in [7, 11) is 2.02. The first-order valence-corrected chi connectivity index (χ1v) is 33.0. The number of anilines is 3. The van der Waals surface area contributed by atoms with Gasteiger partial charge in [-0.05, 0) is 133 Å². The molecule has 94 heavy (non-hydrogen) atoms. The predicted octanol–water partition coefficient (Wildman–Crippen LogP) is 19.7. The molecule has 0 amide bonds. The zero-order chi connectivity index (χ0) is 67.1. The van der Waals surface area contributed by atoms with E-state index in [0.29, 0.717) is 32.1 Å². The van der Waals surface area contributed by atoms with Crippen molar-refractivity contribution in [2.75, 3.05) is 16.8 Å². The second kappa shape index (κ2) is 34.1. The zero-order valence-electron chi connectivity index (χ0n) is 55.7. The van der Waals surface area contributed by atoms with Crippen molar-refractivity contribution in [2.45, 2.75) is 119 Å². The van der Waals surface area contributed by atoms with Gasteiger partial charge in [0.2, 0.25) is 11.7 Å². The Kier molecular flexibility index (Phi) is 25.1. The van der Waals surface area contributed by atoms with E-state index in [1.54, 1.807) is 24.3 Å². The Bertz CT molecular complexity index is 4410. The molecule has 0 saturated heterocycles. The average molecular weight is 1250 g/mol.